The van der Waals surface area contributed by atoms with E-state index in [1.807, 2.05) is 24.3 Å². The Labute approximate surface area is 84.6 Å². The summed E-state index contributed by atoms with van der Waals surface area (Å²) in [6.07, 6.45) is 5.39. The summed E-state index contributed by atoms with van der Waals surface area (Å²) >= 11 is 0. The summed E-state index contributed by atoms with van der Waals surface area (Å²) in [5, 5.41) is 0. The molecule has 3 heteroatoms. The average Bonchev–Trinajstić information content (AvgIpc) is 2.17. The molecule has 0 aliphatic rings. The van der Waals surface area contributed by atoms with E-state index in [2.05, 4.69) is 23.0 Å². The molecule has 1 heterocycles. The number of nitrogen functional groups attached to an aromatic ring is 1. The molecule has 14 heavy (non-hydrogen) atoms. The van der Waals surface area contributed by atoms with Crippen LogP contribution in [0.1, 0.15) is 0 Å². The normalized spacial score (nSPS) is 9.43. The molecule has 1 aromatic rings. The van der Waals surface area contributed by atoms with Crippen molar-refractivity contribution in [1.29, 1.82) is 0 Å². The van der Waals surface area contributed by atoms with Gasteiger partial charge in [0.15, 0.2) is 0 Å². The summed E-state index contributed by atoms with van der Waals surface area (Å²) in [7, 11) is 0. The number of aromatic nitrogens is 1. The summed E-state index contributed by atoms with van der Waals surface area (Å²) in [5.74, 6) is 0.528. The minimum atomic E-state index is 0.528. The second kappa shape index (κ2) is 5.07. The van der Waals surface area contributed by atoms with Crippen molar-refractivity contribution in [1.82, 2.24) is 4.98 Å². The van der Waals surface area contributed by atoms with E-state index in [-0.39, 0.29) is 0 Å². The van der Waals surface area contributed by atoms with Crippen LogP contribution in [0.4, 0.5) is 11.5 Å². The first-order valence-electron chi connectivity index (χ1n) is 4.46. The van der Waals surface area contributed by atoms with Gasteiger partial charge in [-0.05, 0) is 6.07 Å². The van der Waals surface area contributed by atoms with Gasteiger partial charge in [-0.25, -0.2) is 4.98 Å². The van der Waals surface area contributed by atoms with Crippen LogP contribution in [0.3, 0.4) is 0 Å². The SMILES string of the molecule is C=CCN(CC=C)c1ccnc(N)c1. The van der Waals surface area contributed by atoms with Crippen LogP contribution in [0.5, 0.6) is 0 Å². The predicted molar refractivity (Wildman–Crippen MR) is 61.3 cm³/mol. The molecule has 0 bridgehead atoms. The maximum atomic E-state index is 5.60. The van der Waals surface area contributed by atoms with Crippen molar-refractivity contribution < 1.29 is 0 Å². The number of pyridine rings is 1. The Hall–Kier alpha value is -1.77. The lowest BCUT2D eigenvalue weighted by Crippen LogP contribution is -2.23. The molecule has 74 valence electrons. The zero-order chi connectivity index (χ0) is 10.4. The summed E-state index contributed by atoms with van der Waals surface area (Å²) in [6, 6.07) is 3.76. The molecule has 0 saturated heterocycles. The van der Waals surface area contributed by atoms with Gasteiger partial charge in [0, 0.05) is 31.0 Å². The lowest BCUT2D eigenvalue weighted by atomic mass is 10.3. The van der Waals surface area contributed by atoms with Crippen molar-refractivity contribution in [3.05, 3.63) is 43.6 Å². The Morgan fingerprint density at radius 1 is 1.36 bits per heavy atom. The molecule has 0 radical (unpaired) electrons. The molecule has 0 fully saturated rings. The van der Waals surface area contributed by atoms with Crippen LogP contribution >= 0.6 is 0 Å². The van der Waals surface area contributed by atoms with Gasteiger partial charge in [-0.15, -0.1) is 13.2 Å². The molecule has 1 rings (SSSR count). The zero-order valence-corrected chi connectivity index (χ0v) is 8.19. The Bertz CT molecular complexity index is 310. The fraction of sp³-hybridized carbons (Fsp3) is 0.182. The predicted octanol–water partition coefficient (Wildman–Crippen LogP) is 1.84. The van der Waals surface area contributed by atoms with Gasteiger partial charge >= 0.3 is 0 Å². The standard InChI is InChI=1S/C11H15N3/c1-3-7-14(8-4-2)10-5-6-13-11(12)9-10/h3-6,9H,1-2,7-8H2,(H2,12,13). The molecule has 0 unspecified atom stereocenters. The third kappa shape index (κ3) is 2.62. The Balaban J connectivity index is 2.85. The van der Waals surface area contributed by atoms with Crippen molar-refractivity contribution in [3.63, 3.8) is 0 Å². The molecular formula is C11H15N3. The van der Waals surface area contributed by atoms with E-state index in [4.69, 9.17) is 5.73 Å². The van der Waals surface area contributed by atoms with Gasteiger partial charge in [-0.1, -0.05) is 12.2 Å². The topological polar surface area (TPSA) is 42.2 Å². The average molecular weight is 189 g/mol. The van der Waals surface area contributed by atoms with Crippen LogP contribution in [-0.2, 0) is 0 Å². The van der Waals surface area contributed by atoms with E-state index in [0.717, 1.165) is 18.8 Å². The highest BCUT2D eigenvalue weighted by molar-refractivity contribution is 5.52. The molecule has 0 saturated carbocycles. The van der Waals surface area contributed by atoms with Crippen molar-refractivity contribution in [2.24, 2.45) is 0 Å². The van der Waals surface area contributed by atoms with Crippen molar-refractivity contribution >= 4 is 11.5 Å². The van der Waals surface area contributed by atoms with Gasteiger partial charge < -0.3 is 10.6 Å². The van der Waals surface area contributed by atoms with Gasteiger partial charge in [0.2, 0.25) is 0 Å². The number of hydrogen-bond donors (Lipinski definition) is 1. The monoisotopic (exact) mass is 189 g/mol. The molecule has 0 aliphatic heterocycles. The molecule has 2 N–H and O–H groups in total. The van der Waals surface area contributed by atoms with E-state index in [1.54, 1.807) is 6.20 Å². The second-order valence-corrected chi connectivity index (χ2v) is 2.92. The highest BCUT2D eigenvalue weighted by atomic mass is 15.1. The minimum Gasteiger partial charge on any atom is -0.384 e. The third-order valence-electron chi connectivity index (χ3n) is 1.83. The Kier molecular flexibility index (Phi) is 3.73. The van der Waals surface area contributed by atoms with Gasteiger partial charge in [-0.2, -0.15) is 0 Å². The largest absolute Gasteiger partial charge is 0.384 e. The highest BCUT2D eigenvalue weighted by Gasteiger charge is 2.02. The van der Waals surface area contributed by atoms with Gasteiger partial charge in [-0.3, -0.25) is 0 Å². The summed E-state index contributed by atoms with van der Waals surface area (Å²) in [4.78, 5) is 6.05. The summed E-state index contributed by atoms with van der Waals surface area (Å²) < 4.78 is 0. The lowest BCUT2D eigenvalue weighted by Gasteiger charge is -2.21. The summed E-state index contributed by atoms with van der Waals surface area (Å²) in [6.45, 7) is 8.96. The first kappa shape index (κ1) is 10.3. The van der Waals surface area contributed by atoms with Gasteiger partial charge in [0.05, 0.1) is 0 Å². The van der Waals surface area contributed by atoms with Crippen molar-refractivity contribution in [2.45, 2.75) is 0 Å². The van der Waals surface area contributed by atoms with Crippen LogP contribution in [0.15, 0.2) is 43.6 Å². The van der Waals surface area contributed by atoms with E-state index < -0.39 is 0 Å². The smallest absolute Gasteiger partial charge is 0.125 e. The number of nitrogens with zero attached hydrogens (tertiary/aromatic N) is 2. The van der Waals surface area contributed by atoms with Crippen molar-refractivity contribution in [2.75, 3.05) is 23.7 Å². The number of anilines is 2. The number of rotatable bonds is 5. The van der Waals surface area contributed by atoms with Crippen LogP contribution in [0.25, 0.3) is 0 Å². The molecule has 0 atom stereocenters. The maximum absolute atomic E-state index is 5.60. The lowest BCUT2D eigenvalue weighted by molar-refractivity contribution is 0.954. The van der Waals surface area contributed by atoms with Crippen LogP contribution in [0, 0.1) is 0 Å². The van der Waals surface area contributed by atoms with Crippen molar-refractivity contribution in [3.8, 4) is 0 Å². The fourth-order valence-corrected chi connectivity index (χ4v) is 1.23. The van der Waals surface area contributed by atoms with E-state index >= 15 is 0 Å². The van der Waals surface area contributed by atoms with E-state index in [0.29, 0.717) is 5.82 Å². The molecule has 0 aliphatic carbocycles. The van der Waals surface area contributed by atoms with Crippen LogP contribution in [-0.4, -0.2) is 18.1 Å². The first-order chi connectivity index (χ1) is 6.77. The van der Waals surface area contributed by atoms with E-state index in [1.165, 1.54) is 0 Å². The molecule has 0 amide bonds. The molecule has 0 spiro atoms. The first-order valence-corrected chi connectivity index (χ1v) is 4.46. The highest BCUT2D eigenvalue weighted by Crippen LogP contribution is 2.15. The fourth-order valence-electron chi connectivity index (χ4n) is 1.23. The number of nitrogens with two attached hydrogens (primary N) is 1. The van der Waals surface area contributed by atoms with Gasteiger partial charge in [0.25, 0.3) is 0 Å². The molecule has 0 aromatic carbocycles. The third-order valence-corrected chi connectivity index (χ3v) is 1.83. The van der Waals surface area contributed by atoms with Crippen LogP contribution in [0.2, 0.25) is 0 Å². The Morgan fingerprint density at radius 3 is 2.50 bits per heavy atom. The molecular weight excluding hydrogens is 174 g/mol. The number of hydrogen-bond acceptors (Lipinski definition) is 3. The zero-order valence-electron chi connectivity index (χ0n) is 8.19. The van der Waals surface area contributed by atoms with Gasteiger partial charge in [0.1, 0.15) is 5.82 Å². The van der Waals surface area contributed by atoms with E-state index in [9.17, 15) is 0 Å². The minimum absolute atomic E-state index is 0.528. The second-order valence-electron chi connectivity index (χ2n) is 2.92. The molecule has 1 aromatic heterocycles. The quantitative estimate of drug-likeness (QED) is 0.719. The Morgan fingerprint density at radius 2 is 2.00 bits per heavy atom. The summed E-state index contributed by atoms with van der Waals surface area (Å²) in [5.41, 5.74) is 6.64. The molecule has 3 nitrogen and oxygen atoms in total. The van der Waals surface area contributed by atoms with Crippen LogP contribution < -0.4 is 10.6 Å². The maximum Gasteiger partial charge on any atom is 0.125 e.